The highest BCUT2D eigenvalue weighted by atomic mass is 32.1. The predicted molar refractivity (Wildman–Crippen MR) is 103 cm³/mol. The molecule has 27 heavy (non-hydrogen) atoms. The van der Waals surface area contributed by atoms with Gasteiger partial charge in [-0.25, -0.2) is 4.98 Å². The fourth-order valence-corrected chi connectivity index (χ4v) is 3.90. The third kappa shape index (κ3) is 4.04. The first kappa shape index (κ1) is 17.8. The summed E-state index contributed by atoms with van der Waals surface area (Å²) in [5.74, 6) is 0.817. The number of oxazole rings is 1. The summed E-state index contributed by atoms with van der Waals surface area (Å²) in [7, 11) is 0. The van der Waals surface area contributed by atoms with Gasteiger partial charge in [-0.3, -0.25) is 4.79 Å². The van der Waals surface area contributed by atoms with Crippen molar-refractivity contribution < 1.29 is 19.1 Å². The van der Waals surface area contributed by atoms with E-state index in [0.29, 0.717) is 17.2 Å². The minimum absolute atomic E-state index is 0.164. The van der Waals surface area contributed by atoms with Crippen LogP contribution in [0.25, 0.3) is 10.6 Å². The monoisotopic (exact) mass is 384 g/mol. The van der Waals surface area contributed by atoms with E-state index in [1.807, 2.05) is 17.5 Å². The van der Waals surface area contributed by atoms with Crippen LogP contribution in [0, 0.1) is 0 Å². The largest absolute Gasteiger partial charge is 0.488 e. The summed E-state index contributed by atoms with van der Waals surface area (Å²) in [6.07, 6.45) is 4.45. The van der Waals surface area contributed by atoms with E-state index in [9.17, 15) is 9.90 Å². The van der Waals surface area contributed by atoms with Crippen LogP contribution < -0.4 is 10.1 Å². The number of hydrogen-bond acceptors (Lipinski definition) is 6. The number of aliphatic hydroxyl groups is 1. The average Bonchev–Trinajstić information content (AvgIpc) is 3.36. The minimum Gasteiger partial charge on any atom is -0.488 e. The third-order valence-corrected chi connectivity index (χ3v) is 5.46. The van der Waals surface area contributed by atoms with Gasteiger partial charge in [0.2, 0.25) is 0 Å². The van der Waals surface area contributed by atoms with Gasteiger partial charge in [-0.1, -0.05) is 12.5 Å². The molecule has 7 heteroatoms. The van der Waals surface area contributed by atoms with Gasteiger partial charge < -0.3 is 19.6 Å². The average molecular weight is 384 g/mol. The van der Waals surface area contributed by atoms with Crippen molar-refractivity contribution in [1.82, 2.24) is 4.98 Å². The number of aromatic nitrogens is 1. The van der Waals surface area contributed by atoms with Crippen molar-refractivity contribution in [1.29, 1.82) is 0 Å². The Labute approximate surface area is 160 Å². The van der Waals surface area contributed by atoms with Crippen molar-refractivity contribution in [2.45, 2.75) is 37.9 Å². The zero-order valence-electron chi connectivity index (χ0n) is 14.6. The van der Waals surface area contributed by atoms with Crippen LogP contribution in [-0.4, -0.2) is 28.2 Å². The number of thiophene rings is 1. The number of amides is 1. The maximum absolute atomic E-state index is 12.5. The lowest BCUT2D eigenvalue weighted by atomic mass is 9.95. The quantitative estimate of drug-likeness (QED) is 0.684. The Hall–Kier alpha value is -2.64. The molecule has 2 aromatic heterocycles. The number of ether oxygens (including phenoxy) is 1. The molecule has 0 radical (unpaired) electrons. The van der Waals surface area contributed by atoms with Crippen molar-refractivity contribution in [2.75, 3.05) is 5.32 Å². The Morgan fingerprint density at radius 3 is 2.78 bits per heavy atom. The van der Waals surface area contributed by atoms with E-state index in [1.165, 1.54) is 17.7 Å². The molecule has 0 bridgehead atoms. The maximum Gasteiger partial charge on any atom is 0.278 e. The third-order valence-electron chi connectivity index (χ3n) is 4.59. The van der Waals surface area contributed by atoms with E-state index in [0.717, 1.165) is 30.6 Å². The number of aliphatic hydroxyl groups excluding tert-OH is 1. The van der Waals surface area contributed by atoms with Gasteiger partial charge in [0.05, 0.1) is 11.0 Å². The summed E-state index contributed by atoms with van der Waals surface area (Å²) in [4.78, 5) is 17.4. The van der Waals surface area contributed by atoms with Gasteiger partial charge in [-0.05, 0) is 55.0 Å². The molecule has 1 aliphatic rings. The second-order valence-corrected chi connectivity index (χ2v) is 7.44. The van der Waals surface area contributed by atoms with Crippen LogP contribution in [0.15, 0.2) is 52.6 Å². The molecular weight excluding hydrogens is 364 g/mol. The molecule has 1 saturated carbocycles. The first-order chi connectivity index (χ1) is 13.2. The summed E-state index contributed by atoms with van der Waals surface area (Å²) in [6.45, 7) is 0. The molecule has 1 aromatic carbocycles. The molecule has 4 rings (SSSR count). The molecule has 2 unspecified atom stereocenters. The van der Waals surface area contributed by atoms with Gasteiger partial charge >= 0.3 is 0 Å². The molecular formula is C20H20N2O4S. The summed E-state index contributed by atoms with van der Waals surface area (Å²) in [6, 6.07) is 10.9. The van der Waals surface area contributed by atoms with Crippen LogP contribution >= 0.6 is 11.3 Å². The van der Waals surface area contributed by atoms with Gasteiger partial charge in [0.1, 0.15) is 11.9 Å². The number of anilines is 1. The summed E-state index contributed by atoms with van der Waals surface area (Å²) in [5.41, 5.74) is 0.889. The van der Waals surface area contributed by atoms with Crippen molar-refractivity contribution >= 4 is 22.9 Å². The topological polar surface area (TPSA) is 84.6 Å². The van der Waals surface area contributed by atoms with E-state index in [-0.39, 0.29) is 17.7 Å². The van der Waals surface area contributed by atoms with Crippen LogP contribution in [0.4, 0.5) is 5.69 Å². The molecule has 1 fully saturated rings. The number of carbonyl (C=O) groups is 1. The summed E-state index contributed by atoms with van der Waals surface area (Å²) >= 11 is 1.49. The van der Waals surface area contributed by atoms with Gasteiger partial charge in [-0.2, -0.15) is 0 Å². The number of rotatable bonds is 5. The zero-order valence-corrected chi connectivity index (χ0v) is 15.4. The molecule has 0 saturated heterocycles. The molecule has 0 spiro atoms. The van der Waals surface area contributed by atoms with Crippen LogP contribution in [0.2, 0.25) is 0 Å². The van der Waals surface area contributed by atoms with Gasteiger partial charge in [0.15, 0.2) is 17.8 Å². The van der Waals surface area contributed by atoms with Crippen LogP contribution in [0.3, 0.4) is 0 Å². The first-order valence-corrected chi connectivity index (χ1v) is 9.82. The summed E-state index contributed by atoms with van der Waals surface area (Å²) in [5, 5.41) is 14.8. The standard InChI is InChI=1S/C20H20N2O4S/c23-15-4-1-2-5-16(15)26-14-9-7-13(8-10-14)22-20(24)18-19(25-12-21-18)17-6-3-11-27-17/h3,6-12,15-16,23H,1-2,4-5H2,(H,22,24). The predicted octanol–water partition coefficient (Wildman–Crippen LogP) is 4.34. The molecule has 0 aliphatic heterocycles. The summed E-state index contributed by atoms with van der Waals surface area (Å²) < 4.78 is 11.3. The Bertz CT molecular complexity index is 889. The van der Waals surface area contributed by atoms with Crippen molar-refractivity contribution in [3.8, 4) is 16.4 Å². The Morgan fingerprint density at radius 2 is 2.04 bits per heavy atom. The molecule has 2 heterocycles. The maximum atomic E-state index is 12.5. The fourth-order valence-electron chi connectivity index (χ4n) is 3.19. The molecule has 3 aromatic rings. The normalized spacial score (nSPS) is 19.6. The smallest absolute Gasteiger partial charge is 0.278 e. The zero-order chi connectivity index (χ0) is 18.6. The lowest BCUT2D eigenvalue weighted by Gasteiger charge is -2.28. The van der Waals surface area contributed by atoms with Crippen LogP contribution in [0.1, 0.15) is 36.2 Å². The number of nitrogens with zero attached hydrogens (tertiary/aromatic N) is 1. The Kier molecular flexibility index (Phi) is 5.22. The van der Waals surface area contributed by atoms with Gasteiger partial charge in [0.25, 0.3) is 5.91 Å². The van der Waals surface area contributed by atoms with Crippen LogP contribution in [0.5, 0.6) is 5.75 Å². The first-order valence-electron chi connectivity index (χ1n) is 8.94. The van der Waals surface area contributed by atoms with Crippen molar-refractivity contribution in [3.63, 3.8) is 0 Å². The number of hydrogen-bond donors (Lipinski definition) is 2. The molecule has 6 nitrogen and oxygen atoms in total. The Balaban J connectivity index is 1.41. The number of carbonyl (C=O) groups excluding carboxylic acids is 1. The minimum atomic E-state index is -0.416. The lowest BCUT2D eigenvalue weighted by Crippen LogP contribution is -2.34. The molecule has 140 valence electrons. The van der Waals surface area contributed by atoms with Gasteiger partial charge in [0, 0.05) is 5.69 Å². The number of nitrogens with one attached hydrogen (secondary N) is 1. The highest BCUT2D eigenvalue weighted by Gasteiger charge is 2.24. The SMILES string of the molecule is O=C(Nc1ccc(OC2CCCCC2O)cc1)c1ncoc1-c1cccs1. The highest BCUT2D eigenvalue weighted by molar-refractivity contribution is 7.13. The number of benzene rings is 1. The molecule has 2 atom stereocenters. The Morgan fingerprint density at radius 1 is 1.22 bits per heavy atom. The van der Waals surface area contributed by atoms with Gasteiger partial charge in [-0.15, -0.1) is 11.3 Å². The fraction of sp³-hybridized carbons (Fsp3) is 0.300. The van der Waals surface area contributed by atoms with E-state index in [2.05, 4.69) is 10.3 Å². The van der Waals surface area contributed by atoms with Crippen molar-refractivity contribution in [3.05, 3.63) is 53.9 Å². The molecule has 1 aliphatic carbocycles. The van der Waals surface area contributed by atoms with E-state index >= 15 is 0 Å². The van der Waals surface area contributed by atoms with E-state index in [1.54, 1.807) is 24.3 Å². The second kappa shape index (κ2) is 7.94. The van der Waals surface area contributed by atoms with E-state index in [4.69, 9.17) is 9.15 Å². The molecule has 2 N–H and O–H groups in total. The second-order valence-electron chi connectivity index (χ2n) is 6.49. The molecule has 1 amide bonds. The van der Waals surface area contributed by atoms with Crippen molar-refractivity contribution in [2.24, 2.45) is 0 Å². The van der Waals surface area contributed by atoms with Crippen LogP contribution in [-0.2, 0) is 0 Å². The van der Waals surface area contributed by atoms with E-state index < -0.39 is 6.10 Å². The highest BCUT2D eigenvalue weighted by Crippen LogP contribution is 2.28. The lowest BCUT2D eigenvalue weighted by molar-refractivity contribution is 0.00688.